The lowest BCUT2D eigenvalue weighted by Gasteiger charge is -2.21. The molecular formula is C25H22N2O3. The van der Waals surface area contributed by atoms with Gasteiger partial charge >= 0.3 is 0 Å². The normalized spacial score (nSPS) is 12.8. The summed E-state index contributed by atoms with van der Waals surface area (Å²) in [5.74, 6) is -0.603. The quantitative estimate of drug-likeness (QED) is 0.588. The van der Waals surface area contributed by atoms with Crippen LogP contribution in [-0.2, 0) is 17.8 Å². The highest BCUT2D eigenvalue weighted by Crippen LogP contribution is 2.28. The van der Waals surface area contributed by atoms with Crippen LogP contribution in [0, 0.1) is 0 Å². The molecule has 0 atom stereocenters. The van der Waals surface area contributed by atoms with E-state index in [0.717, 1.165) is 11.1 Å². The van der Waals surface area contributed by atoms with Crippen LogP contribution in [-0.4, -0.2) is 29.2 Å². The molecule has 0 spiro atoms. The van der Waals surface area contributed by atoms with Crippen molar-refractivity contribution in [2.24, 2.45) is 0 Å². The summed E-state index contributed by atoms with van der Waals surface area (Å²) in [6, 6.07) is 23.8. The Balaban J connectivity index is 1.46. The summed E-state index contributed by atoms with van der Waals surface area (Å²) in [6.07, 6.45) is 0.267. The van der Waals surface area contributed by atoms with Gasteiger partial charge in [0, 0.05) is 13.1 Å². The van der Waals surface area contributed by atoms with Gasteiger partial charge in [-0.05, 0) is 42.3 Å². The molecule has 0 radical (unpaired) electrons. The Morgan fingerprint density at radius 2 is 1.33 bits per heavy atom. The number of likely N-dealkylation sites (N-methyl/N-ethyl adjacent to an activating group) is 1. The first-order valence-electron chi connectivity index (χ1n) is 9.97. The molecule has 3 amide bonds. The Labute approximate surface area is 175 Å². The summed E-state index contributed by atoms with van der Waals surface area (Å²) < 4.78 is 0. The van der Waals surface area contributed by atoms with Crippen molar-refractivity contribution in [3.05, 3.63) is 101 Å². The lowest BCUT2D eigenvalue weighted by Crippen LogP contribution is -2.31. The average molecular weight is 398 g/mol. The predicted molar refractivity (Wildman–Crippen MR) is 115 cm³/mol. The van der Waals surface area contributed by atoms with Crippen molar-refractivity contribution in [3.8, 4) is 0 Å². The van der Waals surface area contributed by atoms with Crippen LogP contribution in [0.4, 0.5) is 5.69 Å². The van der Waals surface area contributed by atoms with Crippen molar-refractivity contribution >= 4 is 23.4 Å². The molecule has 5 heteroatoms. The number of imide groups is 1. The second-order valence-corrected chi connectivity index (χ2v) is 7.23. The minimum Gasteiger partial charge on any atom is -0.338 e. The molecule has 4 rings (SSSR count). The monoisotopic (exact) mass is 398 g/mol. The summed E-state index contributed by atoms with van der Waals surface area (Å²) in [7, 11) is 0. The Morgan fingerprint density at radius 3 is 1.90 bits per heavy atom. The Kier molecular flexibility index (Phi) is 5.44. The van der Waals surface area contributed by atoms with Gasteiger partial charge in [-0.15, -0.1) is 0 Å². The summed E-state index contributed by atoms with van der Waals surface area (Å²) in [5.41, 5.74) is 3.28. The SMILES string of the molecule is CCN(Cc1ccccc1)C(=O)Cc1ccc(N2C(=O)c3ccccc3C2=O)cc1. The molecule has 30 heavy (non-hydrogen) atoms. The Morgan fingerprint density at radius 1 is 0.767 bits per heavy atom. The maximum atomic E-state index is 12.7. The van der Waals surface area contributed by atoms with E-state index in [1.807, 2.05) is 42.2 Å². The first-order chi connectivity index (χ1) is 14.6. The van der Waals surface area contributed by atoms with Crippen LogP contribution in [0.3, 0.4) is 0 Å². The lowest BCUT2D eigenvalue weighted by atomic mass is 10.1. The fourth-order valence-corrected chi connectivity index (χ4v) is 3.65. The van der Waals surface area contributed by atoms with E-state index in [9.17, 15) is 14.4 Å². The third-order valence-corrected chi connectivity index (χ3v) is 5.29. The summed E-state index contributed by atoms with van der Waals surface area (Å²) >= 11 is 0. The summed E-state index contributed by atoms with van der Waals surface area (Å²) in [4.78, 5) is 41.0. The zero-order valence-electron chi connectivity index (χ0n) is 16.7. The average Bonchev–Trinajstić information content (AvgIpc) is 3.04. The predicted octanol–water partition coefficient (Wildman–Crippen LogP) is 4.08. The van der Waals surface area contributed by atoms with E-state index in [1.165, 1.54) is 4.90 Å². The molecule has 3 aromatic rings. The smallest absolute Gasteiger partial charge is 0.266 e. The minimum absolute atomic E-state index is 0.0369. The number of anilines is 1. The van der Waals surface area contributed by atoms with Gasteiger partial charge in [-0.25, -0.2) is 4.90 Å². The fraction of sp³-hybridized carbons (Fsp3) is 0.160. The number of fused-ring (bicyclic) bond motifs is 1. The molecule has 0 aromatic heterocycles. The molecule has 1 heterocycles. The van der Waals surface area contributed by atoms with Gasteiger partial charge in [-0.2, -0.15) is 0 Å². The molecule has 1 aliphatic rings. The van der Waals surface area contributed by atoms with Crippen LogP contribution in [0.25, 0.3) is 0 Å². The van der Waals surface area contributed by atoms with Crippen LogP contribution in [0.1, 0.15) is 38.8 Å². The molecule has 0 fully saturated rings. The van der Waals surface area contributed by atoms with E-state index in [4.69, 9.17) is 0 Å². The van der Waals surface area contributed by atoms with Crippen molar-refractivity contribution in [3.63, 3.8) is 0 Å². The number of benzene rings is 3. The molecule has 0 N–H and O–H groups in total. The summed E-state index contributed by atoms with van der Waals surface area (Å²) in [5, 5.41) is 0. The molecule has 0 unspecified atom stereocenters. The molecular weight excluding hydrogens is 376 g/mol. The minimum atomic E-state index is -0.320. The van der Waals surface area contributed by atoms with Gasteiger partial charge in [0.2, 0.25) is 5.91 Å². The standard InChI is InChI=1S/C25H22N2O3/c1-2-26(17-19-8-4-3-5-9-19)23(28)16-18-12-14-20(15-13-18)27-24(29)21-10-6-7-11-22(21)25(27)30/h3-15H,2,16-17H2,1H3. The van der Waals surface area contributed by atoms with Crippen LogP contribution in [0.2, 0.25) is 0 Å². The zero-order valence-corrected chi connectivity index (χ0v) is 16.7. The summed E-state index contributed by atoms with van der Waals surface area (Å²) in [6.45, 7) is 3.16. The maximum absolute atomic E-state index is 12.7. The number of carbonyl (C=O) groups is 3. The van der Waals surface area contributed by atoms with E-state index in [-0.39, 0.29) is 24.1 Å². The maximum Gasteiger partial charge on any atom is 0.266 e. The van der Waals surface area contributed by atoms with E-state index in [1.54, 1.807) is 48.5 Å². The van der Waals surface area contributed by atoms with Gasteiger partial charge < -0.3 is 4.90 Å². The van der Waals surface area contributed by atoms with Crippen molar-refractivity contribution in [2.45, 2.75) is 19.9 Å². The Hall–Kier alpha value is -3.73. The van der Waals surface area contributed by atoms with Crippen LogP contribution in [0.15, 0.2) is 78.9 Å². The fourth-order valence-electron chi connectivity index (χ4n) is 3.65. The number of hydrogen-bond donors (Lipinski definition) is 0. The zero-order chi connectivity index (χ0) is 21.1. The topological polar surface area (TPSA) is 57.7 Å². The van der Waals surface area contributed by atoms with Gasteiger partial charge in [-0.3, -0.25) is 14.4 Å². The second-order valence-electron chi connectivity index (χ2n) is 7.23. The molecule has 0 saturated carbocycles. The number of rotatable bonds is 6. The van der Waals surface area contributed by atoms with Gasteiger partial charge in [0.1, 0.15) is 0 Å². The molecule has 0 saturated heterocycles. The number of nitrogens with zero attached hydrogens (tertiary/aromatic N) is 2. The van der Waals surface area contributed by atoms with Crippen LogP contribution >= 0.6 is 0 Å². The highest BCUT2D eigenvalue weighted by molar-refractivity contribution is 6.34. The Bertz CT molecular complexity index is 1060. The van der Waals surface area contributed by atoms with Gasteiger partial charge in [-0.1, -0.05) is 54.6 Å². The third kappa shape index (κ3) is 3.74. The van der Waals surface area contributed by atoms with Crippen molar-refractivity contribution < 1.29 is 14.4 Å². The lowest BCUT2D eigenvalue weighted by molar-refractivity contribution is -0.130. The van der Waals surface area contributed by atoms with E-state index in [2.05, 4.69) is 0 Å². The highest BCUT2D eigenvalue weighted by Gasteiger charge is 2.36. The first kappa shape index (κ1) is 19.6. The molecule has 0 aliphatic carbocycles. The van der Waals surface area contributed by atoms with Gasteiger partial charge in [0.15, 0.2) is 0 Å². The van der Waals surface area contributed by atoms with E-state index < -0.39 is 0 Å². The number of carbonyl (C=O) groups excluding carboxylic acids is 3. The number of hydrogen-bond acceptors (Lipinski definition) is 3. The van der Waals surface area contributed by atoms with Gasteiger partial charge in [0.25, 0.3) is 11.8 Å². The van der Waals surface area contributed by atoms with Crippen molar-refractivity contribution in [1.82, 2.24) is 4.90 Å². The molecule has 1 aliphatic heterocycles. The van der Waals surface area contributed by atoms with Crippen LogP contribution in [0.5, 0.6) is 0 Å². The van der Waals surface area contributed by atoms with Crippen molar-refractivity contribution in [2.75, 3.05) is 11.4 Å². The van der Waals surface area contributed by atoms with E-state index in [0.29, 0.717) is 29.9 Å². The highest BCUT2D eigenvalue weighted by atomic mass is 16.2. The molecule has 0 bridgehead atoms. The molecule has 3 aromatic carbocycles. The number of amides is 3. The van der Waals surface area contributed by atoms with Crippen molar-refractivity contribution in [1.29, 1.82) is 0 Å². The van der Waals surface area contributed by atoms with Gasteiger partial charge in [0.05, 0.1) is 23.2 Å². The van der Waals surface area contributed by atoms with Crippen LogP contribution < -0.4 is 4.90 Å². The first-order valence-corrected chi connectivity index (χ1v) is 9.97. The third-order valence-electron chi connectivity index (χ3n) is 5.29. The van der Waals surface area contributed by atoms with E-state index >= 15 is 0 Å². The largest absolute Gasteiger partial charge is 0.338 e. The molecule has 150 valence electrons. The second kappa shape index (κ2) is 8.33. The molecule has 5 nitrogen and oxygen atoms in total.